The maximum atomic E-state index is 12.9. The van der Waals surface area contributed by atoms with E-state index < -0.39 is 22.4 Å². The summed E-state index contributed by atoms with van der Waals surface area (Å²) < 4.78 is 44.1. The lowest BCUT2D eigenvalue weighted by Crippen LogP contribution is -2.19. The molecule has 0 aliphatic carbocycles. The highest BCUT2D eigenvalue weighted by Gasteiger charge is 2.33. The molecule has 1 N–H and O–H groups in total. The Balaban J connectivity index is 1.48. The Bertz CT molecular complexity index is 1370. The first-order valence-corrected chi connectivity index (χ1v) is 11.5. The predicted molar refractivity (Wildman–Crippen MR) is 131 cm³/mol. The van der Waals surface area contributed by atoms with E-state index in [1.807, 2.05) is 24.3 Å². The number of amides is 1. The number of thioether (sulfide) groups is 1. The number of aliphatic imine (C=N–C) groups is 1. The minimum absolute atomic E-state index is 0.182. The van der Waals surface area contributed by atoms with Crippen LogP contribution in [0.4, 0.5) is 24.5 Å². The molecule has 184 valence electrons. The molecule has 36 heavy (non-hydrogen) atoms. The number of hydrogen-bond acceptors (Lipinski definition) is 6. The number of amidine groups is 1. The molecule has 0 aromatic heterocycles. The molecule has 1 aliphatic rings. The number of hydrogen-bond donors (Lipinski definition) is 1. The van der Waals surface area contributed by atoms with Gasteiger partial charge in [-0.3, -0.25) is 14.9 Å². The maximum absolute atomic E-state index is 12.9. The number of nitrogens with zero attached hydrogens (tertiary/aromatic N) is 2. The molecule has 4 rings (SSSR count). The summed E-state index contributed by atoms with van der Waals surface area (Å²) in [6.45, 7) is 2.06. The van der Waals surface area contributed by atoms with Gasteiger partial charge in [-0.05, 0) is 71.8 Å². The largest absolute Gasteiger partial charge is 0.450 e. The summed E-state index contributed by atoms with van der Waals surface area (Å²) in [6, 6.07) is 16.0. The van der Waals surface area contributed by atoms with Crippen molar-refractivity contribution < 1.29 is 27.6 Å². The first kappa shape index (κ1) is 25.0. The molecule has 0 bridgehead atoms. The SMILES string of the molecule is CCc1ccc(N=C2NC(=O)/C(=C/c3ccc(Oc4ccc(C(F)(F)F)cc4[N+](=O)[O-])cc3)S2)cc1. The van der Waals surface area contributed by atoms with Gasteiger partial charge in [0.05, 0.1) is 21.1 Å². The standard InChI is InChI=1S/C25H18F3N3O4S/c1-2-15-3-8-18(9-4-15)29-24-30-23(32)22(36-24)13-16-5-10-19(11-6-16)35-21-12-7-17(25(26,27)28)14-20(21)31(33)34/h3-14H,2H2,1H3,(H,29,30,32)/b22-13-. The molecule has 0 spiro atoms. The van der Waals surface area contributed by atoms with Crippen LogP contribution in [-0.2, 0) is 17.4 Å². The smallest absolute Gasteiger partial charge is 0.416 e. The van der Waals surface area contributed by atoms with Crippen LogP contribution in [-0.4, -0.2) is 16.0 Å². The van der Waals surface area contributed by atoms with E-state index >= 15 is 0 Å². The zero-order valence-corrected chi connectivity index (χ0v) is 19.5. The molecular weight excluding hydrogens is 495 g/mol. The number of nitro groups is 1. The van der Waals surface area contributed by atoms with E-state index in [1.54, 1.807) is 18.2 Å². The summed E-state index contributed by atoms with van der Waals surface area (Å²) in [6.07, 6.45) is -2.15. The zero-order valence-electron chi connectivity index (χ0n) is 18.7. The Labute approximate surface area is 207 Å². The molecule has 1 aliphatic heterocycles. The lowest BCUT2D eigenvalue weighted by Gasteiger charge is -2.10. The number of nitrogens with one attached hydrogen (secondary N) is 1. The number of benzene rings is 3. The van der Waals surface area contributed by atoms with E-state index in [9.17, 15) is 28.1 Å². The highest BCUT2D eigenvalue weighted by Crippen LogP contribution is 2.38. The second kappa shape index (κ2) is 10.2. The monoisotopic (exact) mass is 513 g/mol. The molecule has 0 radical (unpaired) electrons. The van der Waals surface area contributed by atoms with Gasteiger partial charge in [0.1, 0.15) is 5.75 Å². The van der Waals surface area contributed by atoms with Crippen molar-refractivity contribution in [3.63, 3.8) is 0 Å². The molecular formula is C25H18F3N3O4S. The van der Waals surface area contributed by atoms with Crippen molar-refractivity contribution in [2.75, 3.05) is 0 Å². The third-order valence-corrected chi connectivity index (χ3v) is 6.02. The van der Waals surface area contributed by atoms with Gasteiger partial charge in [0.15, 0.2) is 5.17 Å². The Hall–Kier alpha value is -4.12. The molecule has 0 atom stereocenters. The molecule has 1 amide bonds. The van der Waals surface area contributed by atoms with Gasteiger partial charge in [-0.25, -0.2) is 4.99 Å². The number of ether oxygens (including phenoxy) is 1. The van der Waals surface area contributed by atoms with E-state index in [1.165, 1.54) is 29.5 Å². The Morgan fingerprint density at radius 1 is 1.08 bits per heavy atom. The average Bonchev–Trinajstić information content (AvgIpc) is 3.18. The Morgan fingerprint density at radius 3 is 2.39 bits per heavy atom. The Kier molecular flexibility index (Phi) is 7.11. The van der Waals surface area contributed by atoms with Gasteiger partial charge in [0.2, 0.25) is 5.75 Å². The average molecular weight is 513 g/mol. The van der Waals surface area contributed by atoms with Crippen LogP contribution in [0.2, 0.25) is 0 Å². The predicted octanol–water partition coefficient (Wildman–Crippen LogP) is 6.86. The lowest BCUT2D eigenvalue weighted by atomic mass is 10.1. The third-order valence-electron chi connectivity index (χ3n) is 5.11. The summed E-state index contributed by atoms with van der Waals surface area (Å²) in [7, 11) is 0. The molecule has 1 saturated heterocycles. The molecule has 0 saturated carbocycles. The highest BCUT2D eigenvalue weighted by atomic mass is 32.2. The normalized spacial score (nSPS) is 15.8. The zero-order chi connectivity index (χ0) is 25.9. The minimum atomic E-state index is -4.72. The van der Waals surface area contributed by atoms with E-state index in [2.05, 4.69) is 17.2 Å². The lowest BCUT2D eigenvalue weighted by molar-refractivity contribution is -0.385. The van der Waals surface area contributed by atoms with E-state index in [0.29, 0.717) is 27.8 Å². The number of aryl methyl sites for hydroxylation is 1. The van der Waals surface area contributed by atoms with Crippen molar-refractivity contribution in [3.8, 4) is 11.5 Å². The third kappa shape index (κ3) is 5.92. The molecule has 7 nitrogen and oxygen atoms in total. The van der Waals surface area contributed by atoms with E-state index in [-0.39, 0.29) is 17.4 Å². The summed E-state index contributed by atoms with van der Waals surface area (Å²) >= 11 is 1.19. The number of alkyl halides is 3. The first-order valence-electron chi connectivity index (χ1n) is 10.6. The van der Waals surface area contributed by atoms with Crippen molar-refractivity contribution in [1.82, 2.24) is 5.32 Å². The van der Waals surface area contributed by atoms with Crippen molar-refractivity contribution >= 4 is 40.3 Å². The number of rotatable bonds is 6. The van der Waals surface area contributed by atoms with Crippen LogP contribution in [0, 0.1) is 10.1 Å². The van der Waals surface area contributed by atoms with Crippen molar-refractivity contribution in [2.45, 2.75) is 19.5 Å². The van der Waals surface area contributed by atoms with Crippen molar-refractivity contribution in [1.29, 1.82) is 0 Å². The van der Waals surface area contributed by atoms with E-state index in [0.717, 1.165) is 18.2 Å². The second-order valence-electron chi connectivity index (χ2n) is 7.61. The summed E-state index contributed by atoms with van der Waals surface area (Å²) in [4.78, 5) is 27.5. The van der Waals surface area contributed by atoms with Gasteiger partial charge >= 0.3 is 11.9 Å². The summed E-state index contributed by atoms with van der Waals surface area (Å²) in [5.41, 5.74) is 0.608. The fourth-order valence-electron chi connectivity index (χ4n) is 3.24. The highest BCUT2D eigenvalue weighted by molar-refractivity contribution is 8.18. The number of nitro benzene ring substituents is 1. The van der Waals surface area contributed by atoms with Gasteiger partial charge in [0.25, 0.3) is 5.91 Å². The van der Waals surface area contributed by atoms with Crippen LogP contribution < -0.4 is 10.1 Å². The van der Waals surface area contributed by atoms with Crippen LogP contribution in [0.1, 0.15) is 23.6 Å². The molecule has 3 aromatic rings. The summed E-state index contributed by atoms with van der Waals surface area (Å²) in [5, 5.41) is 14.4. The first-order chi connectivity index (χ1) is 17.1. The van der Waals surface area contributed by atoms with Gasteiger partial charge in [-0.1, -0.05) is 31.2 Å². The second-order valence-corrected chi connectivity index (χ2v) is 8.64. The van der Waals surface area contributed by atoms with Gasteiger partial charge in [-0.15, -0.1) is 0 Å². The topological polar surface area (TPSA) is 93.8 Å². The maximum Gasteiger partial charge on any atom is 0.416 e. The molecule has 11 heteroatoms. The van der Waals surface area contributed by atoms with Crippen LogP contribution in [0.15, 0.2) is 76.6 Å². The fraction of sp³-hybridized carbons (Fsp3) is 0.120. The Morgan fingerprint density at radius 2 is 1.78 bits per heavy atom. The number of carbonyl (C=O) groups is 1. The molecule has 0 unspecified atom stereocenters. The quantitative estimate of drug-likeness (QED) is 0.221. The van der Waals surface area contributed by atoms with E-state index in [4.69, 9.17) is 4.74 Å². The van der Waals surface area contributed by atoms with Crippen LogP contribution in [0.3, 0.4) is 0 Å². The van der Waals surface area contributed by atoms with Crippen molar-refractivity contribution in [3.05, 3.63) is 98.4 Å². The van der Waals surface area contributed by atoms with Crippen molar-refractivity contribution in [2.24, 2.45) is 4.99 Å². The van der Waals surface area contributed by atoms with Crippen LogP contribution in [0.5, 0.6) is 11.5 Å². The van der Waals surface area contributed by atoms with Gasteiger partial charge in [0, 0.05) is 6.07 Å². The van der Waals surface area contributed by atoms with Gasteiger partial charge in [-0.2, -0.15) is 13.2 Å². The van der Waals surface area contributed by atoms with Crippen LogP contribution in [0.25, 0.3) is 6.08 Å². The molecule has 3 aromatic carbocycles. The minimum Gasteiger partial charge on any atom is -0.450 e. The fourth-order valence-corrected chi connectivity index (χ4v) is 4.08. The number of halogens is 3. The van der Waals surface area contributed by atoms with Crippen LogP contribution >= 0.6 is 11.8 Å². The molecule has 1 heterocycles. The summed E-state index contributed by atoms with van der Waals surface area (Å²) in [5.74, 6) is -0.441. The number of carbonyl (C=O) groups excluding carboxylic acids is 1. The van der Waals surface area contributed by atoms with Gasteiger partial charge < -0.3 is 10.1 Å². The molecule has 1 fully saturated rings.